The van der Waals surface area contributed by atoms with Gasteiger partial charge in [0.15, 0.2) is 0 Å². The van der Waals surface area contributed by atoms with Crippen molar-refractivity contribution >= 4 is 5.78 Å². The standard InChI is InChI=1S/C17H15N3O/c1-12-8-9-14(10-13(12)2)17(21)16-11-18-19-20(16)15-6-4-3-5-7-15/h3-11H,1-2H3. The first-order valence-corrected chi connectivity index (χ1v) is 6.75. The van der Waals surface area contributed by atoms with Crippen LogP contribution in [-0.4, -0.2) is 20.8 Å². The molecule has 4 heteroatoms. The molecule has 0 spiro atoms. The Morgan fingerprint density at radius 3 is 2.48 bits per heavy atom. The first kappa shape index (κ1) is 13.2. The van der Waals surface area contributed by atoms with Crippen LogP contribution in [0.1, 0.15) is 27.2 Å². The molecule has 1 aromatic heterocycles. The van der Waals surface area contributed by atoms with E-state index < -0.39 is 0 Å². The largest absolute Gasteiger partial charge is 0.287 e. The summed E-state index contributed by atoms with van der Waals surface area (Å²) >= 11 is 0. The highest BCUT2D eigenvalue weighted by molar-refractivity contribution is 6.08. The molecule has 0 saturated carbocycles. The van der Waals surface area contributed by atoms with Crippen LogP contribution in [0.25, 0.3) is 5.69 Å². The Kier molecular flexibility index (Phi) is 3.36. The van der Waals surface area contributed by atoms with Crippen molar-refractivity contribution < 1.29 is 4.79 Å². The molecule has 4 nitrogen and oxygen atoms in total. The molecule has 0 radical (unpaired) electrons. The van der Waals surface area contributed by atoms with Crippen molar-refractivity contribution in [1.29, 1.82) is 0 Å². The van der Waals surface area contributed by atoms with Gasteiger partial charge in [0.1, 0.15) is 5.69 Å². The molecule has 104 valence electrons. The number of nitrogens with zero attached hydrogens (tertiary/aromatic N) is 3. The second-order valence-corrected chi connectivity index (χ2v) is 4.99. The summed E-state index contributed by atoms with van der Waals surface area (Å²) in [5.74, 6) is -0.0769. The fourth-order valence-electron chi connectivity index (χ4n) is 2.18. The maximum Gasteiger partial charge on any atom is 0.213 e. The number of rotatable bonds is 3. The molecular formula is C17H15N3O. The number of ketones is 1. The lowest BCUT2D eigenvalue weighted by Gasteiger charge is -2.07. The van der Waals surface area contributed by atoms with Crippen molar-refractivity contribution in [2.24, 2.45) is 0 Å². The highest BCUT2D eigenvalue weighted by Gasteiger charge is 2.16. The number of carbonyl (C=O) groups excluding carboxylic acids is 1. The molecule has 3 rings (SSSR count). The second kappa shape index (κ2) is 5.32. The number of hydrogen-bond donors (Lipinski definition) is 0. The molecule has 3 aromatic rings. The van der Waals surface area contributed by atoms with Gasteiger partial charge in [-0.2, -0.15) is 0 Å². The molecule has 0 saturated heterocycles. The van der Waals surface area contributed by atoms with E-state index in [1.807, 2.05) is 62.4 Å². The summed E-state index contributed by atoms with van der Waals surface area (Å²) < 4.78 is 1.57. The van der Waals surface area contributed by atoms with Gasteiger partial charge in [-0.05, 0) is 43.2 Å². The van der Waals surface area contributed by atoms with E-state index in [2.05, 4.69) is 10.3 Å². The van der Waals surface area contributed by atoms with Crippen molar-refractivity contribution in [2.75, 3.05) is 0 Å². The second-order valence-electron chi connectivity index (χ2n) is 4.99. The van der Waals surface area contributed by atoms with E-state index in [1.165, 1.54) is 11.8 Å². The van der Waals surface area contributed by atoms with Crippen LogP contribution in [-0.2, 0) is 0 Å². The lowest BCUT2D eigenvalue weighted by atomic mass is 10.0. The minimum absolute atomic E-state index is 0.0769. The van der Waals surface area contributed by atoms with Gasteiger partial charge in [0.25, 0.3) is 0 Å². The Bertz CT molecular complexity index is 791. The first-order valence-electron chi connectivity index (χ1n) is 6.75. The summed E-state index contributed by atoms with van der Waals surface area (Å²) in [5, 5.41) is 7.90. The van der Waals surface area contributed by atoms with Crippen LogP contribution in [0.4, 0.5) is 0 Å². The smallest absolute Gasteiger partial charge is 0.213 e. The van der Waals surface area contributed by atoms with Crippen LogP contribution in [0.2, 0.25) is 0 Å². The van der Waals surface area contributed by atoms with Gasteiger partial charge < -0.3 is 0 Å². The summed E-state index contributed by atoms with van der Waals surface area (Å²) in [6, 6.07) is 15.2. The summed E-state index contributed by atoms with van der Waals surface area (Å²) in [4.78, 5) is 12.7. The third-order valence-corrected chi connectivity index (χ3v) is 3.55. The molecule has 0 aliphatic heterocycles. The number of para-hydroxylation sites is 1. The number of carbonyl (C=O) groups is 1. The Balaban J connectivity index is 2.03. The fourth-order valence-corrected chi connectivity index (χ4v) is 2.18. The number of benzene rings is 2. The zero-order chi connectivity index (χ0) is 14.8. The monoisotopic (exact) mass is 277 g/mol. The Morgan fingerprint density at radius 2 is 1.76 bits per heavy atom. The zero-order valence-corrected chi connectivity index (χ0v) is 11.9. The van der Waals surface area contributed by atoms with Crippen LogP contribution in [0.15, 0.2) is 54.7 Å². The molecule has 0 amide bonds. The fraction of sp³-hybridized carbons (Fsp3) is 0.118. The topological polar surface area (TPSA) is 47.8 Å². The van der Waals surface area contributed by atoms with Crippen molar-refractivity contribution in [1.82, 2.24) is 15.0 Å². The Morgan fingerprint density at radius 1 is 1.00 bits per heavy atom. The normalized spacial score (nSPS) is 10.6. The van der Waals surface area contributed by atoms with E-state index in [0.717, 1.165) is 11.3 Å². The summed E-state index contributed by atoms with van der Waals surface area (Å²) in [7, 11) is 0. The van der Waals surface area contributed by atoms with Gasteiger partial charge in [-0.25, -0.2) is 4.68 Å². The molecule has 0 atom stereocenters. The average Bonchev–Trinajstić information content (AvgIpc) is 2.99. The van der Waals surface area contributed by atoms with Gasteiger partial charge in [0, 0.05) is 5.56 Å². The molecule has 0 unspecified atom stereocenters. The number of hydrogen-bond acceptors (Lipinski definition) is 3. The van der Waals surface area contributed by atoms with Gasteiger partial charge >= 0.3 is 0 Å². The lowest BCUT2D eigenvalue weighted by Crippen LogP contribution is -2.10. The predicted octanol–water partition coefficient (Wildman–Crippen LogP) is 3.12. The van der Waals surface area contributed by atoms with E-state index in [1.54, 1.807) is 4.68 Å². The highest BCUT2D eigenvalue weighted by Crippen LogP contribution is 2.16. The lowest BCUT2D eigenvalue weighted by molar-refractivity contribution is 0.103. The third-order valence-electron chi connectivity index (χ3n) is 3.55. The third kappa shape index (κ3) is 2.48. The summed E-state index contributed by atoms with van der Waals surface area (Å²) in [6.07, 6.45) is 1.50. The maximum atomic E-state index is 12.7. The molecule has 0 bridgehead atoms. The van der Waals surface area contributed by atoms with Crippen molar-refractivity contribution in [3.05, 3.63) is 77.1 Å². The minimum atomic E-state index is -0.0769. The molecule has 1 heterocycles. The quantitative estimate of drug-likeness (QED) is 0.691. The van der Waals surface area contributed by atoms with Gasteiger partial charge in [-0.15, -0.1) is 5.10 Å². The van der Waals surface area contributed by atoms with Crippen LogP contribution in [0.5, 0.6) is 0 Å². The summed E-state index contributed by atoms with van der Waals surface area (Å²) in [5.41, 5.74) is 4.20. The summed E-state index contributed by atoms with van der Waals surface area (Å²) in [6.45, 7) is 4.03. The molecule has 0 fully saturated rings. The average molecular weight is 277 g/mol. The van der Waals surface area contributed by atoms with Crippen LogP contribution in [0.3, 0.4) is 0 Å². The van der Waals surface area contributed by atoms with E-state index in [9.17, 15) is 4.79 Å². The van der Waals surface area contributed by atoms with Gasteiger partial charge in [0.2, 0.25) is 5.78 Å². The molecule has 0 aliphatic rings. The zero-order valence-electron chi connectivity index (χ0n) is 11.9. The molecule has 21 heavy (non-hydrogen) atoms. The van der Waals surface area contributed by atoms with Gasteiger partial charge in [-0.3, -0.25) is 4.79 Å². The van der Waals surface area contributed by atoms with Crippen LogP contribution < -0.4 is 0 Å². The Labute approximate surface area is 123 Å². The van der Waals surface area contributed by atoms with Gasteiger partial charge in [0.05, 0.1) is 11.9 Å². The van der Waals surface area contributed by atoms with Gasteiger partial charge in [-0.1, -0.05) is 35.5 Å². The number of aryl methyl sites for hydroxylation is 2. The van der Waals surface area contributed by atoms with Crippen molar-refractivity contribution in [3.8, 4) is 5.69 Å². The molecule has 0 N–H and O–H groups in total. The first-order chi connectivity index (χ1) is 10.2. The molecule has 0 aliphatic carbocycles. The predicted molar refractivity (Wildman–Crippen MR) is 80.7 cm³/mol. The van der Waals surface area contributed by atoms with E-state index in [-0.39, 0.29) is 5.78 Å². The maximum absolute atomic E-state index is 12.7. The minimum Gasteiger partial charge on any atom is -0.287 e. The highest BCUT2D eigenvalue weighted by atomic mass is 16.1. The van der Waals surface area contributed by atoms with Crippen molar-refractivity contribution in [2.45, 2.75) is 13.8 Å². The van der Waals surface area contributed by atoms with E-state index >= 15 is 0 Å². The molecular weight excluding hydrogens is 262 g/mol. The molecule has 2 aromatic carbocycles. The van der Waals surface area contributed by atoms with Crippen LogP contribution >= 0.6 is 0 Å². The van der Waals surface area contributed by atoms with E-state index in [0.29, 0.717) is 11.3 Å². The van der Waals surface area contributed by atoms with Crippen molar-refractivity contribution in [3.63, 3.8) is 0 Å². The Hall–Kier alpha value is -2.75. The van der Waals surface area contributed by atoms with E-state index in [4.69, 9.17) is 0 Å². The number of aromatic nitrogens is 3. The SMILES string of the molecule is Cc1ccc(C(=O)c2cnnn2-c2ccccc2)cc1C. The van der Waals surface area contributed by atoms with Crippen LogP contribution in [0, 0.1) is 13.8 Å².